The quantitative estimate of drug-likeness (QED) is 0.590. The number of amides is 1. The normalized spacial score (nSPS) is 19.9. The minimum atomic E-state index is 0.0285. The van der Waals surface area contributed by atoms with E-state index in [2.05, 4.69) is 10.6 Å². The second-order valence-electron chi connectivity index (χ2n) is 6.05. The molecule has 3 N–H and O–H groups in total. The summed E-state index contributed by atoms with van der Waals surface area (Å²) in [5.74, 6) is 0.492. The van der Waals surface area contributed by atoms with Crippen molar-refractivity contribution in [2.75, 3.05) is 20.2 Å². The van der Waals surface area contributed by atoms with E-state index < -0.39 is 0 Å². The van der Waals surface area contributed by atoms with Crippen LogP contribution < -0.4 is 10.6 Å². The van der Waals surface area contributed by atoms with Gasteiger partial charge in [0.05, 0.1) is 0 Å². The minimum Gasteiger partial charge on any atom is -0.396 e. The first kappa shape index (κ1) is 16.4. The molecule has 1 unspecified atom stereocenters. The molecular weight excluding hydrogens is 240 g/mol. The third-order valence-corrected chi connectivity index (χ3v) is 4.35. The molecule has 1 atom stereocenters. The maximum Gasteiger partial charge on any atom is 0.221 e. The van der Waals surface area contributed by atoms with Crippen LogP contribution in [-0.4, -0.2) is 36.8 Å². The van der Waals surface area contributed by atoms with Gasteiger partial charge in [-0.05, 0) is 38.6 Å². The van der Waals surface area contributed by atoms with Crippen LogP contribution in [0.1, 0.15) is 58.3 Å². The van der Waals surface area contributed by atoms with E-state index in [0.29, 0.717) is 12.3 Å². The Kier molecular flexibility index (Phi) is 7.39. The van der Waals surface area contributed by atoms with Crippen molar-refractivity contribution in [2.24, 2.45) is 5.92 Å². The molecule has 1 aliphatic rings. The molecule has 1 fully saturated rings. The molecule has 0 aromatic carbocycles. The Hall–Kier alpha value is -0.610. The van der Waals surface area contributed by atoms with Gasteiger partial charge in [-0.15, -0.1) is 0 Å². The zero-order valence-corrected chi connectivity index (χ0v) is 12.5. The summed E-state index contributed by atoms with van der Waals surface area (Å²) in [6.07, 6.45) is 8.47. The Morgan fingerprint density at radius 2 is 2.00 bits per heavy atom. The Morgan fingerprint density at radius 1 is 1.32 bits per heavy atom. The highest BCUT2D eigenvalue weighted by Gasteiger charge is 2.32. The minimum absolute atomic E-state index is 0.0285. The first-order chi connectivity index (χ1) is 9.12. The van der Waals surface area contributed by atoms with Crippen LogP contribution in [0.2, 0.25) is 0 Å². The largest absolute Gasteiger partial charge is 0.396 e. The summed E-state index contributed by atoms with van der Waals surface area (Å²) in [5.41, 5.74) is 0.0285. The first-order valence-corrected chi connectivity index (χ1v) is 7.68. The SMILES string of the molecule is CNC1(CC(=O)NCCCC(C)CO)CCCCC1. The molecule has 112 valence electrons. The second kappa shape index (κ2) is 8.54. The van der Waals surface area contributed by atoms with Crippen molar-refractivity contribution in [2.45, 2.75) is 63.8 Å². The molecule has 4 nitrogen and oxygen atoms in total. The fraction of sp³-hybridized carbons (Fsp3) is 0.933. The van der Waals surface area contributed by atoms with Crippen molar-refractivity contribution < 1.29 is 9.90 Å². The lowest BCUT2D eigenvalue weighted by atomic mass is 9.79. The fourth-order valence-corrected chi connectivity index (χ4v) is 2.88. The van der Waals surface area contributed by atoms with Crippen molar-refractivity contribution in [3.63, 3.8) is 0 Å². The highest BCUT2D eigenvalue weighted by Crippen LogP contribution is 2.30. The highest BCUT2D eigenvalue weighted by molar-refractivity contribution is 5.77. The van der Waals surface area contributed by atoms with Gasteiger partial charge in [0.2, 0.25) is 5.91 Å². The van der Waals surface area contributed by atoms with Crippen molar-refractivity contribution in [3.8, 4) is 0 Å². The molecule has 0 aliphatic heterocycles. The molecule has 0 bridgehead atoms. The van der Waals surface area contributed by atoms with Crippen LogP contribution in [-0.2, 0) is 4.79 Å². The summed E-state index contributed by atoms with van der Waals surface area (Å²) < 4.78 is 0. The Labute approximate surface area is 117 Å². The van der Waals surface area contributed by atoms with Crippen LogP contribution in [0.3, 0.4) is 0 Å². The molecule has 0 aromatic heterocycles. The van der Waals surface area contributed by atoms with Gasteiger partial charge >= 0.3 is 0 Å². The molecule has 19 heavy (non-hydrogen) atoms. The predicted molar refractivity (Wildman–Crippen MR) is 78.0 cm³/mol. The molecule has 0 aromatic rings. The third kappa shape index (κ3) is 5.91. The third-order valence-electron chi connectivity index (χ3n) is 4.35. The van der Waals surface area contributed by atoms with Crippen molar-refractivity contribution in [3.05, 3.63) is 0 Å². The lowest BCUT2D eigenvalue weighted by molar-refractivity contribution is -0.122. The molecule has 0 spiro atoms. The zero-order valence-electron chi connectivity index (χ0n) is 12.5. The molecule has 1 rings (SSSR count). The van der Waals surface area contributed by atoms with E-state index in [0.717, 1.165) is 32.2 Å². The number of carbonyl (C=O) groups excluding carboxylic acids is 1. The van der Waals surface area contributed by atoms with E-state index >= 15 is 0 Å². The van der Waals surface area contributed by atoms with Gasteiger partial charge in [0.25, 0.3) is 0 Å². The summed E-state index contributed by atoms with van der Waals surface area (Å²) in [5, 5.41) is 15.3. The highest BCUT2D eigenvalue weighted by atomic mass is 16.3. The molecule has 1 aliphatic carbocycles. The number of carbonyl (C=O) groups is 1. The Balaban J connectivity index is 2.22. The van der Waals surface area contributed by atoms with Crippen LogP contribution in [0, 0.1) is 5.92 Å². The van der Waals surface area contributed by atoms with E-state index in [9.17, 15) is 4.79 Å². The van der Waals surface area contributed by atoms with Crippen molar-refractivity contribution >= 4 is 5.91 Å². The van der Waals surface area contributed by atoms with Gasteiger partial charge in [0.15, 0.2) is 0 Å². The Bertz CT molecular complexity index is 263. The van der Waals surface area contributed by atoms with E-state index in [1.807, 2.05) is 14.0 Å². The average Bonchev–Trinajstić information content (AvgIpc) is 2.44. The van der Waals surface area contributed by atoms with Gasteiger partial charge in [-0.25, -0.2) is 0 Å². The van der Waals surface area contributed by atoms with Gasteiger partial charge in [-0.3, -0.25) is 4.79 Å². The topological polar surface area (TPSA) is 61.4 Å². The van der Waals surface area contributed by atoms with Crippen LogP contribution in [0.4, 0.5) is 0 Å². The maximum atomic E-state index is 12.0. The number of aliphatic hydroxyl groups excluding tert-OH is 1. The van der Waals surface area contributed by atoms with Gasteiger partial charge < -0.3 is 15.7 Å². The summed E-state index contributed by atoms with van der Waals surface area (Å²) in [6.45, 7) is 2.99. The van der Waals surface area contributed by atoms with Crippen LogP contribution >= 0.6 is 0 Å². The number of rotatable bonds is 8. The molecule has 0 radical (unpaired) electrons. The average molecular weight is 270 g/mol. The lowest BCUT2D eigenvalue weighted by Gasteiger charge is -2.36. The van der Waals surface area contributed by atoms with Crippen LogP contribution in [0.15, 0.2) is 0 Å². The van der Waals surface area contributed by atoms with Gasteiger partial charge in [0, 0.05) is 25.1 Å². The molecule has 1 saturated carbocycles. The summed E-state index contributed by atoms with van der Waals surface area (Å²) in [4.78, 5) is 12.0. The summed E-state index contributed by atoms with van der Waals surface area (Å²) >= 11 is 0. The van der Waals surface area contributed by atoms with Gasteiger partial charge in [0.1, 0.15) is 0 Å². The molecular formula is C15H30N2O2. The Morgan fingerprint density at radius 3 is 2.58 bits per heavy atom. The molecule has 0 heterocycles. The van der Waals surface area contributed by atoms with Crippen LogP contribution in [0.5, 0.6) is 0 Å². The van der Waals surface area contributed by atoms with Crippen LogP contribution in [0.25, 0.3) is 0 Å². The number of aliphatic hydroxyl groups is 1. The van der Waals surface area contributed by atoms with Crippen molar-refractivity contribution in [1.82, 2.24) is 10.6 Å². The number of nitrogens with one attached hydrogen (secondary N) is 2. The van der Waals surface area contributed by atoms with Gasteiger partial charge in [-0.1, -0.05) is 26.2 Å². The monoisotopic (exact) mass is 270 g/mol. The van der Waals surface area contributed by atoms with Crippen molar-refractivity contribution in [1.29, 1.82) is 0 Å². The smallest absolute Gasteiger partial charge is 0.221 e. The summed E-state index contributed by atoms with van der Waals surface area (Å²) in [6, 6.07) is 0. The molecule has 0 saturated heterocycles. The summed E-state index contributed by atoms with van der Waals surface area (Å²) in [7, 11) is 1.97. The number of hydrogen-bond acceptors (Lipinski definition) is 3. The zero-order chi connectivity index (χ0) is 14.1. The predicted octanol–water partition coefficient (Wildman–Crippen LogP) is 1.82. The second-order valence-corrected chi connectivity index (χ2v) is 6.05. The molecule has 1 amide bonds. The van der Waals surface area contributed by atoms with E-state index in [-0.39, 0.29) is 18.1 Å². The first-order valence-electron chi connectivity index (χ1n) is 7.68. The number of hydrogen-bond donors (Lipinski definition) is 3. The van der Waals surface area contributed by atoms with Gasteiger partial charge in [-0.2, -0.15) is 0 Å². The van der Waals surface area contributed by atoms with E-state index in [1.54, 1.807) is 0 Å². The van der Waals surface area contributed by atoms with E-state index in [1.165, 1.54) is 19.3 Å². The molecule has 4 heteroatoms. The maximum absolute atomic E-state index is 12.0. The lowest BCUT2D eigenvalue weighted by Crippen LogP contribution is -2.48. The fourth-order valence-electron chi connectivity index (χ4n) is 2.88. The standard InChI is InChI=1S/C15H30N2O2/c1-13(12-18)7-6-10-17-14(19)11-15(16-2)8-4-3-5-9-15/h13,16,18H,3-12H2,1-2H3,(H,17,19). The van der Waals surface area contributed by atoms with E-state index in [4.69, 9.17) is 5.11 Å².